The van der Waals surface area contributed by atoms with Gasteiger partial charge in [-0.05, 0) is 38.6 Å². The first-order valence-electron chi connectivity index (χ1n) is 6.12. The summed E-state index contributed by atoms with van der Waals surface area (Å²) in [6, 6.07) is 9.52. The molecule has 16 heavy (non-hydrogen) atoms. The summed E-state index contributed by atoms with van der Waals surface area (Å²) in [4.78, 5) is 4.84. The van der Waals surface area contributed by atoms with E-state index in [-0.39, 0.29) is 0 Å². The largest absolute Gasteiger partial charge is 0.308 e. The fourth-order valence-corrected chi connectivity index (χ4v) is 2.36. The molecule has 0 N–H and O–H groups in total. The van der Waals surface area contributed by atoms with E-state index in [4.69, 9.17) is 0 Å². The number of hydrogen-bond donors (Lipinski definition) is 0. The first kappa shape index (κ1) is 11.6. The average Bonchev–Trinajstić information content (AvgIpc) is 2.26. The molecule has 2 heteroatoms. The standard InChI is InChI=1S/C14H22N2/c1-12-10-13-6-4-5-7-14(13)11-16(12)9-8-15(2)3/h4-7,12H,8-11H2,1-3H3. The van der Waals surface area contributed by atoms with Gasteiger partial charge in [0, 0.05) is 25.7 Å². The Hall–Kier alpha value is -0.860. The summed E-state index contributed by atoms with van der Waals surface area (Å²) in [6.07, 6.45) is 1.20. The highest BCUT2D eigenvalue weighted by atomic mass is 15.2. The van der Waals surface area contributed by atoms with Crippen LogP contribution in [-0.2, 0) is 13.0 Å². The lowest BCUT2D eigenvalue weighted by atomic mass is 9.95. The van der Waals surface area contributed by atoms with Crippen LogP contribution in [0.2, 0.25) is 0 Å². The van der Waals surface area contributed by atoms with Crippen molar-refractivity contribution in [3.05, 3.63) is 35.4 Å². The van der Waals surface area contributed by atoms with E-state index < -0.39 is 0 Å². The van der Waals surface area contributed by atoms with Crippen molar-refractivity contribution < 1.29 is 0 Å². The predicted molar refractivity (Wildman–Crippen MR) is 68.6 cm³/mol. The maximum absolute atomic E-state index is 2.59. The van der Waals surface area contributed by atoms with Crippen molar-refractivity contribution in [3.63, 3.8) is 0 Å². The van der Waals surface area contributed by atoms with Crippen molar-refractivity contribution >= 4 is 0 Å². The molecule has 88 valence electrons. The zero-order valence-electron chi connectivity index (χ0n) is 10.6. The van der Waals surface area contributed by atoms with Crippen molar-refractivity contribution in [2.45, 2.75) is 25.9 Å². The zero-order chi connectivity index (χ0) is 11.5. The van der Waals surface area contributed by atoms with Gasteiger partial charge in [-0.15, -0.1) is 0 Å². The van der Waals surface area contributed by atoms with Crippen LogP contribution in [0.25, 0.3) is 0 Å². The second-order valence-electron chi connectivity index (χ2n) is 5.10. The molecule has 0 aliphatic carbocycles. The van der Waals surface area contributed by atoms with Crippen molar-refractivity contribution in [1.29, 1.82) is 0 Å². The van der Waals surface area contributed by atoms with E-state index >= 15 is 0 Å². The van der Waals surface area contributed by atoms with Crippen molar-refractivity contribution in [2.24, 2.45) is 0 Å². The number of fused-ring (bicyclic) bond motifs is 1. The lowest BCUT2D eigenvalue weighted by Gasteiger charge is -2.35. The number of nitrogens with zero attached hydrogens (tertiary/aromatic N) is 2. The summed E-state index contributed by atoms with van der Waals surface area (Å²) >= 11 is 0. The van der Waals surface area contributed by atoms with Crippen LogP contribution in [0.4, 0.5) is 0 Å². The summed E-state index contributed by atoms with van der Waals surface area (Å²) in [5, 5.41) is 0. The number of hydrogen-bond acceptors (Lipinski definition) is 2. The average molecular weight is 218 g/mol. The minimum absolute atomic E-state index is 0.676. The highest BCUT2D eigenvalue weighted by Crippen LogP contribution is 2.22. The molecular formula is C14H22N2. The van der Waals surface area contributed by atoms with Gasteiger partial charge in [0.1, 0.15) is 0 Å². The van der Waals surface area contributed by atoms with Crippen LogP contribution in [0.3, 0.4) is 0 Å². The van der Waals surface area contributed by atoms with Crippen LogP contribution >= 0.6 is 0 Å². The lowest BCUT2D eigenvalue weighted by molar-refractivity contribution is 0.167. The summed E-state index contributed by atoms with van der Waals surface area (Å²) in [7, 11) is 4.28. The normalized spacial score (nSPS) is 21.1. The molecule has 1 unspecified atom stereocenters. The molecule has 1 aromatic rings. The highest BCUT2D eigenvalue weighted by Gasteiger charge is 2.21. The van der Waals surface area contributed by atoms with Crippen molar-refractivity contribution in [3.8, 4) is 0 Å². The van der Waals surface area contributed by atoms with Gasteiger partial charge in [-0.3, -0.25) is 4.90 Å². The quantitative estimate of drug-likeness (QED) is 0.765. The van der Waals surface area contributed by atoms with E-state index in [2.05, 4.69) is 55.1 Å². The van der Waals surface area contributed by atoms with Crippen LogP contribution in [0, 0.1) is 0 Å². The summed E-state index contributed by atoms with van der Waals surface area (Å²) in [6.45, 7) is 5.77. The van der Waals surface area contributed by atoms with Crippen molar-refractivity contribution in [2.75, 3.05) is 27.2 Å². The van der Waals surface area contributed by atoms with Gasteiger partial charge in [-0.1, -0.05) is 24.3 Å². The van der Waals surface area contributed by atoms with E-state index in [0.29, 0.717) is 6.04 Å². The summed E-state index contributed by atoms with van der Waals surface area (Å²) in [5.41, 5.74) is 3.05. The lowest BCUT2D eigenvalue weighted by Crippen LogP contribution is -2.41. The maximum Gasteiger partial charge on any atom is 0.0239 e. The molecule has 0 saturated heterocycles. The summed E-state index contributed by atoms with van der Waals surface area (Å²) < 4.78 is 0. The van der Waals surface area contributed by atoms with E-state index in [1.807, 2.05) is 0 Å². The Labute approximate surface area is 98.9 Å². The minimum atomic E-state index is 0.676. The Kier molecular flexibility index (Phi) is 3.62. The molecule has 0 spiro atoms. The Morgan fingerprint density at radius 3 is 2.62 bits per heavy atom. The predicted octanol–water partition coefficient (Wildman–Crippen LogP) is 1.99. The van der Waals surface area contributed by atoms with Gasteiger partial charge in [-0.25, -0.2) is 0 Å². The molecule has 0 fully saturated rings. The molecule has 1 aliphatic heterocycles. The van der Waals surface area contributed by atoms with Gasteiger partial charge in [0.05, 0.1) is 0 Å². The van der Waals surface area contributed by atoms with Crippen LogP contribution in [0.1, 0.15) is 18.1 Å². The first-order chi connectivity index (χ1) is 7.66. The van der Waals surface area contributed by atoms with Crippen LogP contribution in [0.5, 0.6) is 0 Å². The van der Waals surface area contributed by atoms with E-state index in [0.717, 1.165) is 13.1 Å². The van der Waals surface area contributed by atoms with Crippen molar-refractivity contribution in [1.82, 2.24) is 9.80 Å². The van der Waals surface area contributed by atoms with E-state index in [1.54, 1.807) is 0 Å². The molecule has 1 atom stereocenters. The fourth-order valence-electron chi connectivity index (χ4n) is 2.36. The Morgan fingerprint density at radius 1 is 1.25 bits per heavy atom. The minimum Gasteiger partial charge on any atom is -0.308 e. The smallest absolute Gasteiger partial charge is 0.0239 e. The van der Waals surface area contributed by atoms with Gasteiger partial charge in [0.15, 0.2) is 0 Å². The van der Waals surface area contributed by atoms with Crippen LogP contribution < -0.4 is 0 Å². The molecule has 0 radical (unpaired) electrons. The second kappa shape index (κ2) is 4.98. The van der Waals surface area contributed by atoms with Gasteiger partial charge >= 0.3 is 0 Å². The first-order valence-corrected chi connectivity index (χ1v) is 6.12. The van der Waals surface area contributed by atoms with Crippen LogP contribution in [-0.4, -0.2) is 43.0 Å². The molecule has 1 aliphatic rings. The second-order valence-corrected chi connectivity index (χ2v) is 5.10. The number of benzene rings is 1. The van der Waals surface area contributed by atoms with E-state index in [9.17, 15) is 0 Å². The highest BCUT2D eigenvalue weighted by molar-refractivity contribution is 5.29. The molecule has 0 saturated carbocycles. The molecule has 2 nitrogen and oxygen atoms in total. The number of rotatable bonds is 3. The molecule has 0 aromatic heterocycles. The SMILES string of the molecule is CC1Cc2ccccc2CN1CCN(C)C. The monoisotopic (exact) mass is 218 g/mol. The van der Waals surface area contributed by atoms with Crippen LogP contribution in [0.15, 0.2) is 24.3 Å². The van der Waals surface area contributed by atoms with Gasteiger partial charge < -0.3 is 4.90 Å². The zero-order valence-corrected chi connectivity index (χ0v) is 10.6. The molecular weight excluding hydrogens is 196 g/mol. The third-order valence-electron chi connectivity index (χ3n) is 3.46. The summed E-state index contributed by atoms with van der Waals surface area (Å²) in [5.74, 6) is 0. The van der Waals surface area contributed by atoms with Gasteiger partial charge in [0.2, 0.25) is 0 Å². The topological polar surface area (TPSA) is 6.48 Å². The van der Waals surface area contributed by atoms with Gasteiger partial charge in [0.25, 0.3) is 0 Å². The van der Waals surface area contributed by atoms with Gasteiger partial charge in [-0.2, -0.15) is 0 Å². The Morgan fingerprint density at radius 2 is 1.94 bits per heavy atom. The Bertz CT molecular complexity index is 346. The molecule has 0 bridgehead atoms. The maximum atomic E-state index is 2.59. The molecule has 1 heterocycles. The molecule has 1 aromatic carbocycles. The molecule has 2 rings (SSSR count). The third kappa shape index (κ3) is 2.63. The third-order valence-corrected chi connectivity index (χ3v) is 3.46. The fraction of sp³-hybridized carbons (Fsp3) is 0.571. The number of likely N-dealkylation sites (N-methyl/N-ethyl adjacent to an activating group) is 1. The molecule has 0 amide bonds. The Balaban J connectivity index is 2.03. The van der Waals surface area contributed by atoms with E-state index in [1.165, 1.54) is 24.1 Å².